The van der Waals surface area contributed by atoms with E-state index in [0.717, 1.165) is 5.39 Å². The van der Waals surface area contributed by atoms with Crippen LogP contribution in [0, 0.1) is 0 Å². The van der Waals surface area contributed by atoms with E-state index < -0.39 is 10.0 Å². The molecule has 2 heterocycles. The van der Waals surface area contributed by atoms with Crippen LogP contribution in [0.1, 0.15) is 13.3 Å². The van der Waals surface area contributed by atoms with Crippen molar-refractivity contribution in [2.45, 2.75) is 24.3 Å². The predicted octanol–water partition coefficient (Wildman–Crippen LogP) is 1.57. The highest BCUT2D eigenvalue weighted by molar-refractivity contribution is 9.10. The van der Waals surface area contributed by atoms with Gasteiger partial charge in [0.05, 0.1) is 11.4 Å². The van der Waals surface area contributed by atoms with Crippen LogP contribution in [0.25, 0.3) is 10.8 Å². The first-order chi connectivity index (χ1) is 12.4. The molecule has 0 radical (unpaired) electrons. The highest BCUT2D eigenvalue weighted by atomic mass is 79.9. The second-order valence-electron chi connectivity index (χ2n) is 6.34. The number of benzene rings is 1. The summed E-state index contributed by atoms with van der Waals surface area (Å²) in [5, 5.41) is 1.37. The van der Waals surface area contributed by atoms with Gasteiger partial charge in [0.25, 0.3) is 0 Å². The molecule has 1 amide bonds. The molecule has 1 aromatic carbocycles. The first kappa shape index (κ1) is 19.2. The number of fused-ring (bicyclic) bond motifs is 1. The van der Waals surface area contributed by atoms with E-state index in [1.54, 1.807) is 29.4 Å². The molecule has 140 valence electrons. The van der Waals surface area contributed by atoms with Gasteiger partial charge in [0.2, 0.25) is 15.9 Å². The van der Waals surface area contributed by atoms with Crippen molar-refractivity contribution >= 4 is 42.6 Å². The summed E-state index contributed by atoms with van der Waals surface area (Å²) >= 11 is 3.42. The molecule has 2 aromatic rings. The molecular weight excluding hydrogens is 420 g/mol. The van der Waals surface area contributed by atoms with Gasteiger partial charge in [-0.2, -0.15) is 4.31 Å². The smallest absolute Gasteiger partial charge is 0.244 e. The Morgan fingerprint density at radius 2 is 2.12 bits per heavy atom. The normalized spacial score (nSPS) is 19.5. The summed E-state index contributed by atoms with van der Waals surface area (Å²) in [6, 6.07) is 4.83. The molecule has 0 spiro atoms. The number of rotatable bonds is 3. The summed E-state index contributed by atoms with van der Waals surface area (Å²) in [6.45, 7) is 2.96. The van der Waals surface area contributed by atoms with E-state index in [9.17, 15) is 13.2 Å². The number of hydrogen-bond acceptors (Lipinski definition) is 5. The molecule has 0 unspecified atom stereocenters. The molecule has 1 aliphatic heterocycles. The first-order valence-electron chi connectivity index (χ1n) is 8.38. The average molecular weight is 441 g/mol. The number of pyridine rings is 1. The number of sulfonamides is 1. The quantitative estimate of drug-likeness (QED) is 0.780. The molecule has 26 heavy (non-hydrogen) atoms. The highest BCUT2D eigenvalue weighted by Crippen LogP contribution is 2.32. The SMILES string of the molecule is C[C@H]1CN(C(=O)CN)CCCN1S(=O)(=O)c1cccc2cncc(Br)c12. The molecule has 2 N–H and O–H groups in total. The van der Waals surface area contributed by atoms with E-state index in [1.807, 2.05) is 13.0 Å². The van der Waals surface area contributed by atoms with Crippen LogP contribution in [0.2, 0.25) is 0 Å². The number of halogens is 1. The summed E-state index contributed by atoms with van der Waals surface area (Å²) in [5.74, 6) is -0.157. The molecule has 1 atom stereocenters. The average Bonchev–Trinajstić information content (AvgIpc) is 2.83. The fraction of sp³-hybridized carbons (Fsp3) is 0.412. The van der Waals surface area contributed by atoms with Gasteiger partial charge in [-0.15, -0.1) is 0 Å². The van der Waals surface area contributed by atoms with E-state index in [4.69, 9.17) is 5.73 Å². The molecule has 1 saturated heterocycles. The van der Waals surface area contributed by atoms with Crippen LogP contribution in [-0.4, -0.2) is 60.7 Å². The lowest BCUT2D eigenvalue weighted by molar-refractivity contribution is -0.129. The van der Waals surface area contributed by atoms with Gasteiger partial charge >= 0.3 is 0 Å². The van der Waals surface area contributed by atoms with Gasteiger partial charge in [-0.3, -0.25) is 9.78 Å². The third-order valence-electron chi connectivity index (χ3n) is 4.60. The second-order valence-corrected chi connectivity index (χ2v) is 9.05. The number of aromatic nitrogens is 1. The lowest BCUT2D eigenvalue weighted by Crippen LogP contribution is -2.45. The standard InChI is InChI=1S/C17H21BrN4O3S/c1-12-11-21(16(23)8-19)6-3-7-22(12)26(24,25)15-5-2-4-13-9-20-10-14(18)17(13)15/h2,4-5,9-10,12H,3,6-8,11,19H2,1H3/t12-/m0/s1. The van der Waals surface area contributed by atoms with Crippen molar-refractivity contribution in [3.05, 3.63) is 35.1 Å². The summed E-state index contributed by atoms with van der Waals surface area (Å²) in [7, 11) is -3.73. The first-order valence-corrected chi connectivity index (χ1v) is 10.6. The molecule has 1 aliphatic rings. The topological polar surface area (TPSA) is 96.6 Å². The van der Waals surface area contributed by atoms with Gasteiger partial charge < -0.3 is 10.6 Å². The fourth-order valence-electron chi connectivity index (χ4n) is 3.35. The Bertz CT molecular complexity index is 929. The van der Waals surface area contributed by atoms with Gasteiger partial charge in [0, 0.05) is 53.3 Å². The largest absolute Gasteiger partial charge is 0.340 e. The highest BCUT2D eigenvalue weighted by Gasteiger charge is 2.34. The van der Waals surface area contributed by atoms with Gasteiger partial charge in [-0.25, -0.2) is 8.42 Å². The van der Waals surface area contributed by atoms with Gasteiger partial charge in [0.1, 0.15) is 0 Å². The predicted molar refractivity (Wildman–Crippen MR) is 103 cm³/mol. The Kier molecular flexibility index (Phi) is 5.61. The Labute approximate surface area is 161 Å². The van der Waals surface area contributed by atoms with Crippen LogP contribution in [0.4, 0.5) is 0 Å². The van der Waals surface area contributed by atoms with Gasteiger partial charge in [-0.1, -0.05) is 12.1 Å². The monoisotopic (exact) mass is 440 g/mol. The molecule has 3 rings (SSSR count). The van der Waals surface area contributed by atoms with Crippen LogP contribution in [0.3, 0.4) is 0 Å². The maximum atomic E-state index is 13.4. The van der Waals surface area contributed by atoms with Gasteiger partial charge in [0.15, 0.2) is 0 Å². The van der Waals surface area contributed by atoms with Crippen LogP contribution < -0.4 is 5.73 Å². The number of carbonyl (C=O) groups excluding carboxylic acids is 1. The summed E-state index contributed by atoms with van der Waals surface area (Å²) in [4.78, 5) is 17.9. The fourth-order valence-corrected chi connectivity index (χ4v) is 5.94. The zero-order valence-electron chi connectivity index (χ0n) is 14.4. The van der Waals surface area contributed by atoms with E-state index in [-0.39, 0.29) is 23.4 Å². The van der Waals surface area contributed by atoms with E-state index in [2.05, 4.69) is 20.9 Å². The Balaban J connectivity index is 2.02. The molecule has 9 heteroatoms. The Hall–Kier alpha value is -1.55. The zero-order valence-corrected chi connectivity index (χ0v) is 16.8. The molecule has 1 aromatic heterocycles. The van der Waals surface area contributed by atoms with E-state index >= 15 is 0 Å². The molecule has 0 aliphatic carbocycles. The van der Waals surface area contributed by atoms with Crippen molar-refractivity contribution in [2.75, 3.05) is 26.2 Å². The maximum absolute atomic E-state index is 13.4. The lowest BCUT2D eigenvalue weighted by atomic mass is 10.2. The van der Waals surface area contributed by atoms with Crippen molar-refractivity contribution in [1.82, 2.24) is 14.2 Å². The minimum atomic E-state index is -3.73. The van der Waals surface area contributed by atoms with Crippen molar-refractivity contribution in [2.24, 2.45) is 5.73 Å². The third kappa shape index (κ3) is 3.48. The lowest BCUT2D eigenvalue weighted by Gasteiger charge is -2.28. The van der Waals surface area contributed by atoms with Gasteiger partial charge in [-0.05, 0) is 35.3 Å². The number of carbonyl (C=O) groups is 1. The van der Waals surface area contributed by atoms with Crippen molar-refractivity contribution < 1.29 is 13.2 Å². The molecule has 1 fully saturated rings. The molecular formula is C17H21BrN4O3S. The number of amides is 1. The van der Waals surface area contributed by atoms with Crippen LogP contribution in [0.5, 0.6) is 0 Å². The van der Waals surface area contributed by atoms with Crippen molar-refractivity contribution in [1.29, 1.82) is 0 Å². The van der Waals surface area contributed by atoms with Crippen LogP contribution in [0.15, 0.2) is 40.0 Å². The maximum Gasteiger partial charge on any atom is 0.244 e. The third-order valence-corrected chi connectivity index (χ3v) is 7.25. The Morgan fingerprint density at radius 1 is 1.35 bits per heavy atom. The second kappa shape index (κ2) is 7.59. The Morgan fingerprint density at radius 3 is 2.85 bits per heavy atom. The van der Waals surface area contributed by atoms with Crippen LogP contribution >= 0.6 is 15.9 Å². The van der Waals surface area contributed by atoms with Crippen molar-refractivity contribution in [3.8, 4) is 0 Å². The van der Waals surface area contributed by atoms with E-state index in [0.29, 0.717) is 35.9 Å². The van der Waals surface area contributed by atoms with Crippen LogP contribution in [-0.2, 0) is 14.8 Å². The number of hydrogen-bond donors (Lipinski definition) is 1. The zero-order chi connectivity index (χ0) is 18.9. The molecule has 7 nitrogen and oxygen atoms in total. The molecule has 0 saturated carbocycles. The molecule has 0 bridgehead atoms. The summed E-state index contributed by atoms with van der Waals surface area (Å²) in [6.07, 6.45) is 3.81. The minimum absolute atomic E-state index is 0.0667. The number of nitrogens with two attached hydrogens (primary N) is 1. The summed E-state index contributed by atoms with van der Waals surface area (Å²) in [5.41, 5.74) is 5.46. The number of nitrogens with zero attached hydrogens (tertiary/aromatic N) is 3. The van der Waals surface area contributed by atoms with E-state index in [1.165, 1.54) is 4.31 Å². The van der Waals surface area contributed by atoms with Crippen molar-refractivity contribution in [3.63, 3.8) is 0 Å². The summed E-state index contributed by atoms with van der Waals surface area (Å²) < 4.78 is 29.0. The minimum Gasteiger partial charge on any atom is -0.340 e.